The minimum absolute atomic E-state index is 0.0445. The van der Waals surface area contributed by atoms with E-state index < -0.39 is 0 Å². The van der Waals surface area contributed by atoms with Crippen molar-refractivity contribution in [1.82, 2.24) is 19.8 Å². The topological polar surface area (TPSA) is 67.2 Å². The van der Waals surface area contributed by atoms with Crippen molar-refractivity contribution in [3.63, 3.8) is 0 Å². The van der Waals surface area contributed by atoms with Crippen LogP contribution in [0.2, 0.25) is 5.02 Å². The number of hydrogen-bond acceptors (Lipinski definition) is 3. The first kappa shape index (κ1) is 23.3. The molecule has 166 valence electrons. The predicted molar refractivity (Wildman–Crippen MR) is 129 cm³/mol. The summed E-state index contributed by atoms with van der Waals surface area (Å²) in [6.45, 7) is 8.92. The molecule has 0 aliphatic carbocycles. The number of para-hydroxylation sites is 2. The van der Waals surface area contributed by atoms with Gasteiger partial charge in [0.05, 0.1) is 17.5 Å². The van der Waals surface area contributed by atoms with E-state index >= 15 is 0 Å². The van der Waals surface area contributed by atoms with Gasteiger partial charge in [-0.2, -0.15) is 0 Å². The van der Waals surface area contributed by atoms with Crippen LogP contribution in [0.25, 0.3) is 11.0 Å². The third-order valence-corrected chi connectivity index (χ3v) is 5.43. The molecule has 3 rings (SSSR count). The van der Waals surface area contributed by atoms with Crippen molar-refractivity contribution in [1.29, 1.82) is 0 Å². The van der Waals surface area contributed by atoms with Gasteiger partial charge in [-0.15, -0.1) is 13.2 Å². The predicted octanol–water partition coefficient (Wildman–Crippen LogP) is 3.79. The summed E-state index contributed by atoms with van der Waals surface area (Å²) in [5.74, 6) is 0.590. The number of halogens is 1. The Bertz CT molecular complexity index is 1110. The van der Waals surface area contributed by atoms with Crippen LogP contribution in [0.15, 0.2) is 73.8 Å². The maximum absolute atomic E-state index is 12.9. The maximum atomic E-state index is 12.9. The Balaban J connectivity index is 1.70. The van der Waals surface area contributed by atoms with Crippen molar-refractivity contribution in [2.75, 3.05) is 19.6 Å². The molecule has 32 heavy (non-hydrogen) atoms. The molecule has 1 N–H and O–H groups in total. The van der Waals surface area contributed by atoms with E-state index in [0.29, 0.717) is 31.1 Å². The van der Waals surface area contributed by atoms with E-state index in [2.05, 4.69) is 18.5 Å². The van der Waals surface area contributed by atoms with Gasteiger partial charge in [-0.1, -0.05) is 54.1 Å². The molecule has 0 aliphatic rings. The van der Waals surface area contributed by atoms with Crippen LogP contribution in [0.5, 0.6) is 0 Å². The first-order valence-electron chi connectivity index (χ1n) is 10.5. The number of aromatic nitrogens is 2. The minimum Gasteiger partial charge on any atom is -0.355 e. The average Bonchev–Trinajstić information content (AvgIpc) is 3.12. The Morgan fingerprint density at radius 3 is 2.47 bits per heavy atom. The Kier molecular flexibility index (Phi) is 8.22. The fourth-order valence-electron chi connectivity index (χ4n) is 3.51. The summed E-state index contributed by atoms with van der Waals surface area (Å²) in [4.78, 5) is 31.6. The fourth-order valence-corrected chi connectivity index (χ4v) is 3.71. The highest BCUT2D eigenvalue weighted by molar-refractivity contribution is 6.31. The number of imidazole rings is 1. The summed E-state index contributed by atoms with van der Waals surface area (Å²) in [7, 11) is 0. The summed E-state index contributed by atoms with van der Waals surface area (Å²) in [5.41, 5.74) is 2.49. The SMILES string of the molecule is C=CCN(CC=C)C(=O)Cn1c(CCNC(=O)Cc2ccccc2Cl)nc2ccccc21. The van der Waals surface area contributed by atoms with Gasteiger partial charge >= 0.3 is 0 Å². The maximum Gasteiger partial charge on any atom is 0.243 e. The molecule has 0 saturated heterocycles. The van der Waals surface area contributed by atoms with Crippen LogP contribution >= 0.6 is 11.6 Å². The van der Waals surface area contributed by atoms with Gasteiger partial charge in [-0.25, -0.2) is 4.98 Å². The zero-order valence-corrected chi connectivity index (χ0v) is 18.7. The van der Waals surface area contributed by atoms with Gasteiger partial charge in [0.1, 0.15) is 12.4 Å². The van der Waals surface area contributed by atoms with Crippen molar-refractivity contribution >= 4 is 34.4 Å². The Morgan fingerprint density at radius 2 is 1.75 bits per heavy atom. The summed E-state index contributed by atoms with van der Waals surface area (Å²) in [6, 6.07) is 15.0. The van der Waals surface area contributed by atoms with Crippen molar-refractivity contribution in [2.45, 2.75) is 19.4 Å². The van der Waals surface area contributed by atoms with Crippen LogP contribution in [-0.2, 0) is 29.0 Å². The summed E-state index contributed by atoms with van der Waals surface area (Å²) in [6.07, 6.45) is 4.11. The van der Waals surface area contributed by atoms with E-state index in [1.165, 1.54) is 0 Å². The third kappa shape index (κ3) is 5.86. The molecule has 1 aromatic heterocycles. The Hall–Kier alpha value is -3.38. The first-order chi connectivity index (χ1) is 15.5. The Morgan fingerprint density at radius 1 is 1.06 bits per heavy atom. The quantitative estimate of drug-likeness (QED) is 0.452. The second kappa shape index (κ2) is 11.3. The molecule has 3 aromatic rings. The van der Waals surface area contributed by atoms with E-state index in [-0.39, 0.29) is 24.8 Å². The molecule has 0 fully saturated rings. The molecule has 2 amide bonds. The van der Waals surface area contributed by atoms with Gasteiger partial charge < -0.3 is 14.8 Å². The molecule has 0 saturated carbocycles. The molecule has 0 aliphatic heterocycles. The molecule has 6 nitrogen and oxygen atoms in total. The van der Waals surface area contributed by atoms with Gasteiger partial charge in [0.15, 0.2) is 0 Å². The molecular formula is C25H27ClN4O2. The van der Waals surface area contributed by atoms with E-state index in [0.717, 1.165) is 22.4 Å². The Labute approximate surface area is 193 Å². The van der Waals surface area contributed by atoms with Gasteiger partial charge in [-0.3, -0.25) is 9.59 Å². The highest BCUT2D eigenvalue weighted by atomic mass is 35.5. The number of amides is 2. The first-order valence-corrected chi connectivity index (χ1v) is 10.8. The number of fused-ring (bicyclic) bond motifs is 1. The summed E-state index contributed by atoms with van der Waals surface area (Å²) in [5, 5.41) is 3.50. The zero-order valence-electron chi connectivity index (χ0n) is 18.0. The lowest BCUT2D eigenvalue weighted by Gasteiger charge is -2.20. The zero-order chi connectivity index (χ0) is 22.9. The summed E-state index contributed by atoms with van der Waals surface area (Å²) < 4.78 is 1.91. The van der Waals surface area contributed by atoms with Crippen LogP contribution in [0.1, 0.15) is 11.4 Å². The highest BCUT2D eigenvalue weighted by Crippen LogP contribution is 2.17. The van der Waals surface area contributed by atoms with Crippen LogP contribution in [0.4, 0.5) is 0 Å². The number of carbonyl (C=O) groups excluding carboxylic acids is 2. The van der Waals surface area contributed by atoms with Crippen LogP contribution in [0.3, 0.4) is 0 Å². The third-order valence-electron chi connectivity index (χ3n) is 5.06. The molecule has 0 radical (unpaired) electrons. The second-order valence-corrected chi connectivity index (χ2v) is 7.75. The van der Waals surface area contributed by atoms with Crippen LogP contribution < -0.4 is 5.32 Å². The van der Waals surface area contributed by atoms with Crippen molar-refractivity contribution in [2.24, 2.45) is 0 Å². The fraction of sp³-hybridized carbons (Fsp3) is 0.240. The highest BCUT2D eigenvalue weighted by Gasteiger charge is 2.17. The van der Waals surface area contributed by atoms with Crippen molar-refractivity contribution < 1.29 is 9.59 Å². The molecule has 0 bridgehead atoms. The van der Waals surface area contributed by atoms with Gasteiger partial charge in [0.2, 0.25) is 11.8 Å². The van der Waals surface area contributed by atoms with E-state index in [9.17, 15) is 9.59 Å². The van der Waals surface area contributed by atoms with Gasteiger partial charge in [0.25, 0.3) is 0 Å². The van der Waals surface area contributed by atoms with Gasteiger partial charge in [-0.05, 0) is 23.8 Å². The average molecular weight is 451 g/mol. The lowest BCUT2D eigenvalue weighted by Crippen LogP contribution is -2.34. The lowest BCUT2D eigenvalue weighted by molar-refractivity contribution is -0.130. The molecule has 7 heteroatoms. The molecule has 0 spiro atoms. The molecule has 2 aromatic carbocycles. The monoisotopic (exact) mass is 450 g/mol. The van der Waals surface area contributed by atoms with Crippen LogP contribution in [-0.4, -0.2) is 45.9 Å². The molecule has 0 atom stereocenters. The second-order valence-electron chi connectivity index (χ2n) is 7.35. The number of carbonyl (C=O) groups is 2. The summed E-state index contributed by atoms with van der Waals surface area (Å²) >= 11 is 6.14. The molecule has 0 unspecified atom stereocenters. The largest absolute Gasteiger partial charge is 0.355 e. The molecule has 1 heterocycles. The number of hydrogen-bond donors (Lipinski definition) is 1. The number of nitrogens with one attached hydrogen (secondary N) is 1. The van der Waals surface area contributed by atoms with Crippen molar-refractivity contribution in [3.8, 4) is 0 Å². The number of benzene rings is 2. The minimum atomic E-state index is -0.111. The van der Waals surface area contributed by atoms with Crippen molar-refractivity contribution in [3.05, 3.63) is 90.3 Å². The standard InChI is InChI=1S/C25H27ClN4O2/c1-3-15-29(16-4-2)25(32)18-30-22-12-8-7-11-21(22)28-23(30)13-14-27-24(31)17-19-9-5-6-10-20(19)26/h3-12H,1-2,13-18H2,(H,27,31). The normalized spacial score (nSPS) is 10.7. The number of nitrogens with zero attached hydrogens (tertiary/aromatic N) is 3. The van der Waals surface area contributed by atoms with Gasteiger partial charge in [0, 0.05) is 31.1 Å². The van der Waals surface area contributed by atoms with E-state index in [4.69, 9.17) is 16.6 Å². The van der Waals surface area contributed by atoms with E-state index in [1.807, 2.05) is 47.0 Å². The number of rotatable bonds is 11. The van der Waals surface area contributed by atoms with Crippen LogP contribution in [0, 0.1) is 0 Å². The lowest BCUT2D eigenvalue weighted by atomic mass is 10.1. The molecular weight excluding hydrogens is 424 g/mol. The van der Waals surface area contributed by atoms with E-state index in [1.54, 1.807) is 23.1 Å². The smallest absolute Gasteiger partial charge is 0.243 e.